The average Bonchev–Trinajstić information content (AvgIpc) is 3.63. The van der Waals surface area contributed by atoms with E-state index in [1.807, 2.05) is 70.3 Å². The molecule has 2 aromatic carbocycles. The number of nitrogens with one attached hydrogen (secondary N) is 1. The fourth-order valence-corrected chi connectivity index (χ4v) is 5.46. The van der Waals surface area contributed by atoms with Gasteiger partial charge < -0.3 is 9.47 Å². The molecule has 1 N–H and O–H groups in total. The first-order valence-corrected chi connectivity index (χ1v) is 12.7. The Morgan fingerprint density at radius 2 is 1.58 bits per heavy atom. The van der Waals surface area contributed by atoms with Crippen molar-refractivity contribution in [3.63, 3.8) is 0 Å². The van der Waals surface area contributed by atoms with Crippen LogP contribution in [0.5, 0.6) is 11.5 Å². The average molecular weight is 514 g/mol. The van der Waals surface area contributed by atoms with Crippen LogP contribution in [0.3, 0.4) is 0 Å². The van der Waals surface area contributed by atoms with Crippen molar-refractivity contribution in [3.05, 3.63) is 81.9 Å². The molecule has 178 valence electrons. The molecule has 0 unspecified atom stereocenters. The van der Waals surface area contributed by atoms with Crippen molar-refractivity contribution in [1.82, 2.24) is 15.4 Å². The minimum atomic E-state index is -0.293. The zero-order valence-electron chi connectivity index (χ0n) is 19.3. The third-order valence-electron chi connectivity index (χ3n) is 5.74. The summed E-state index contributed by atoms with van der Waals surface area (Å²) in [7, 11) is 3.18. The molecular formula is C26H19N5O3S2. The lowest BCUT2D eigenvalue weighted by atomic mass is 10.1. The molecule has 0 atom stereocenters. The first kappa shape index (κ1) is 22.2. The molecule has 1 aliphatic heterocycles. The number of thiophene rings is 2. The summed E-state index contributed by atoms with van der Waals surface area (Å²) >= 11 is 3.08. The summed E-state index contributed by atoms with van der Waals surface area (Å²) in [5.41, 5.74) is 4.51. The predicted octanol–water partition coefficient (Wildman–Crippen LogP) is 5.68. The summed E-state index contributed by atoms with van der Waals surface area (Å²) in [5, 5.41) is 9.21. The predicted molar refractivity (Wildman–Crippen MR) is 143 cm³/mol. The van der Waals surface area contributed by atoms with E-state index >= 15 is 0 Å². The monoisotopic (exact) mass is 513 g/mol. The van der Waals surface area contributed by atoms with E-state index in [1.165, 1.54) is 11.3 Å². The maximum absolute atomic E-state index is 13.0. The molecule has 36 heavy (non-hydrogen) atoms. The first-order valence-electron chi connectivity index (χ1n) is 11.0. The van der Waals surface area contributed by atoms with Gasteiger partial charge in [0.1, 0.15) is 0 Å². The number of rotatable bonds is 5. The summed E-state index contributed by atoms with van der Waals surface area (Å²) in [6.07, 6.45) is 0. The quantitative estimate of drug-likeness (QED) is 0.325. The van der Waals surface area contributed by atoms with Gasteiger partial charge in [-0.1, -0.05) is 24.3 Å². The number of fused-ring (bicyclic) bond motifs is 2. The number of nitrogens with zero attached hydrogens (tertiary/aromatic N) is 4. The van der Waals surface area contributed by atoms with Crippen molar-refractivity contribution in [1.29, 1.82) is 0 Å². The van der Waals surface area contributed by atoms with Gasteiger partial charge in [-0.15, -0.1) is 22.7 Å². The van der Waals surface area contributed by atoms with Crippen molar-refractivity contribution in [2.75, 3.05) is 19.1 Å². The summed E-state index contributed by atoms with van der Waals surface area (Å²) in [4.78, 5) is 26.6. The smallest absolute Gasteiger partial charge is 0.273 e. The molecule has 0 saturated heterocycles. The van der Waals surface area contributed by atoms with Gasteiger partial charge in [-0.05, 0) is 41.1 Å². The lowest BCUT2D eigenvalue weighted by molar-refractivity contribution is 0.0956. The molecular weight excluding hydrogens is 494 g/mol. The lowest BCUT2D eigenvalue weighted by Gasteiger charge is -2.26. The van der Waals surface area contributed by atoms with Crippen LogP contribution in [-0.2, 0) is 0 Å². The lowest BCUT2D eigenvalue weighted by Crippen LogP contribution is -2.28. The highest BCUT2D eigenvalue weighted by molar-refractivity contribution is 7.13. The van der Waals surface area contributed by atoms with Crippen LogP contribution in [-0.4, -0.2) is 35.9 Å². The standard InChI is InChI=1S/C26H19N5O3S2/c1-33-19-13-16-17(14-20(19)34-2)27-23(21-9-5-11-35-21)28-24(16)31-18-8-4-3-7-15(18)26(32)30-29-25(31)22-10-6-12-36-22/h3-14H,1-2H3,(H,30,32). The summed E-state index contributed by atoms with van der Waals surface area (Å²) in [6.45, 7) is 0. The number of hydrogen-bond acceptors (Lipinski definition) is 9. The minimum Gasteiger partial charge on any atom is -0.493 e. The number of hydrazone groups is 1. The molecule has 1 aliphatic rings. The number of amidine groups is 1. The Hall–Kier alpha value is -4.28. The molecule has 1 amide bonds. The van der Waals surface area contributed by atoms with Crippen molar-refractivity contribution in [2.45, 2.75) is 0 Å². The van der Waals surface area contributed by atoms with Crippen molar-refractivity contribution >= 4 is 56.8 Å². The normalized spacial score (nSPS) is 13.1. The second-order valence-corrected chi connectivity index (χ2v) is 9.67. The van der Waals surface area contributed by atoms with E-state index in [-0.39, 0.29) is 5.91 Å². The molecule has 0 aliphatic carbocycles. The number of methoxy groups -OCH3 is 2. The van der Waals surface area contributed by atoms with Gasteiger partial charge >= 0.3 is 0 Å². The zero-order valence-corrected chi connectivity index (χ0v) is 20.9. The van der Waals surface area contributed by atoms with Crippen molar-refractivity contribution in [2.24, 2.45) is 5.10 Å². The number of ether oxygens (including phenoxy) is 2. The molecule has 5 aromatic rings. The van der Waals surface area contributed by atoms with Crippen LogP contribution in [0.15, 0.2) is 76.5 Å². The highest BCUT2D eigenvalue weighted by atomic mass is 32.1. The Morgan fingerprint density at radius 3 is 2.31 bits per heavy atom. The molecule has 8 nitrogen and oxygen atoms in total. The van der Waals surface area contributed by atoms with E-state index in [1.54, 1.807) is 31.6 Å². The Morgan fingerprint density at radius 1 is 0.861 bits per heavy atom. The van der Waals surface area contributed by atoms with E-state index in [0.717, 1.165) is 15.1 Å². The molecule has 0 spiro atoms. The Bertz CT molecular complexity index is 1610. The third-order valence-corrected chi connectivity index (χ3v) is 7.47. The van der Waals surface area contributed by atoms with Gasteiger partial charge in [0, 0.05) is 11.5 Å². The van der Waals surface area contributed by atoms with Crippen LogP contribution in [0.2, 0.25) is 0 Å². The van der Waals surface area contributed by atoms with E-state index in [2.05, 4.69) is 10.5 Å². The fourth-order valence-electron chi connectivity index (χ4n) is 4.10. The van der Waals surface area contributed by atoms with Gasteiger partial charge in [0.25, 0.3) is 5.91 Å². The van der Waals surface area contributed by atoms with Crippen LogP contribution in [0.4, 0.5) is 11.5 Å². The molecule has 10 heteroatoms. The number of para-hydroxylation sites is 1. The molecule has 0 radical (unpaired) electrons. The Balaban J connectivity index is 1.72. The molecule has 4 heterocycles. The molecule has 0 bridgehead atoms. The zero-order chi connectivity index (χ0) is 24.6. The fraction of sp³-hybridized carbons (Fsp3) is 0.0769. The Kier molecular flexibility index (Phi) is 5.59. The maximum atomic E-state index is 13.0. The summed E-state index contributed by atoms with van der Waals surface area (Å²) < 4.78 is 11.2. The van der Waals surface area contributed by atoms with E-state index in [4.69, 9.17) is 19.4 Å². The SMILES string of the molecule is COc1cc2nc(-c3cccs3)nc(N3C(c4cccs4)=NNC(=O)c4ccccc43)c2cc1OC. The maximum Gasteiger partial charge on any atom is 0.273 e. The highest BCUT2D eigenvalue weighted by Gasteiger charge is 2.30. The Labute approximate surface area is 214 Å². The van der Waals surface area contributed by atoms with Crippen LogP contribution >= 0.6 is 22.7 Å². The molecule has 3 aromatic heterocycles. The van der Waals surface area contributed by atoms with Gasteiger partial charge in [-0.2, -0.15) is 5.10 Å². The van der Waals surface area contributed by atoms with E-state index in [9.17, 15) is 4.79 Å². The number of benzene rings is 2. The molecule has 0 fully saturated rings. The first-order chi connectivity index (χ1) is 17.7. The van der Waals surface area contributed by atoms with Crippen molar-refractivity contribution < 1.29 is 14.3 Å². The van der Waals surface area contributed by atoms with Crippen LogP contribution in [0.25, 0.3) is 21.6 Å². The number of carbonyl (C=O) groups excluding carboxylic acids is 1. The van der Waals surface area contributed by atoms with Gasteiger partial charge in [0.05, 0.1) is 40.7 Å². The largest absolute Gasteiger partial charge is 0.493 e. The minimum absolute atomic E-state index is 0.293. The van der Waals surface area contributed by atoms with Crippen molar-refractivity contribution in [3.8, 4) is 22.2 Å². The summed E-state index contributed by atoms with van der Waals surface area (Å²) in [5.74, 6) is 2.50. The van der Waals surface area contributed by atoms with Gasteiger partial charge in [0.2, 0.25) is 0 Å². The number of amides is 1. The number of anilines is 2. The molecule has 6 rings (SSSR count). The van der Waals surface area contributed by atoms with Gasteiger partial charge in [-0.3, -0.25) is 9.69 Å². The highest BCUT2D eigenvalue weighted by Crippen LogP contribution is 2.41. The van der Waals surface area contributed by atoms with E-state index < -0.39 is 0 Å². The summed E-state index contributed by atoms with van der Waals surface area (Å²) in [6, 6.07) is 18.9. The molecule has 0 saturated carbocycles. The van der Waals surface area contributed by atoms with Crippen LogP contribution in [0.1, 0.15) is 15.2 Å². The second-order valence-electron chi connectivity index (χ2n) is 7.78. The topological polar surface area (TPSA) is 88.9 Å². The van der Waals surface area contributed by atoms with Crippen LogP contribution < -0.4 is 19.8 Å². The van der Waals surface area contributed by atoms with Crippen LogP contribution in [0, 0.1) is 0 Å². The number of carbonyl (C=O) groups is 1. The van der Waals surface area contributed by atoms with E-state index in [0.29, 0.717) is 45.7 Å². The number of hydrogen-bond donors (Lipinski definition) is 1. The number of aromatic nitrogens is 2. The third kappa shape index (κ3) is 3.67. The van der Waals surface area contributed by atoms with Gasteiger partial charge in [0.15, 0.2) is 29.0 Å². The second kappa shape index (κ2) is 9.06. The van der Waals surface area contributed by atoms with Gasteiger partial charge in [-0.25, -0.2) is 15.4 Å².